The van der Waals surface area contributed by atoms with Crippen LogP contribution >= 0.6 is 0 Å². The molecule has 25 heavy (non-hydrogen) atoms. The lowest BCUT2D eigenvalue weighted by Gasteiger charge is -2.21. The third kappa shape index (κ3) is 6.74. The smallest absolute Gasteiger partial charge is 0.408 e. The number of carbonyl (C=O) groups excluding carboxylic acids is 2. The third-order valence-corrected chi connectivity index (χ3v) is 3.81. The van der Waals surface area contributed by atoms with Crippen molar-refractivity contribution < 1.29 is 19.1 Å². The van der Waals surface area contributed by atoms with Crippen molar-refractivity contribution in [2.75, 3.05) is 18.5 Å². The van der Waals surface area contributed by atoms with Crippen LogP contribution in [0.15, 0.2) is 12.4 Å². The zero-order valence-corrected chi connectivity index (χ0v) is 15.4. The van der Waals surface area contributed by atoms with Crippen molar-refractivity contribution in [2.24, 2.45) is 5.92 Å². The zero-order chi connectivity index (χ0) is 18.4. The third-order valence-electron chi connectivity index (χ3n) is 3.81. The van der Waals surface area contributed by atoms with Crippen LogP contribution in [0.3, 0.4) is 0 Å². The first-order valence-electron chi connectivity index (χ1n) is 8.63. The van der Waals surface area contributed by atoms with Crippen LogP contribution < -0.4 is 10.6 Å². The van der Waals surface area contributed by atoms with E-state index < -0.39 is 17.7 Å². The fourth-order valence-electron chi connectivity index (χ4n) is 2.52. The van der Waals surface area contributed by atoms with Crippen LogP contribution in [0.5, 0.6) is 0 Å². The number of anilines is 1. The summed E-state index contributed by atoms with van der Waals surface area (Å²) in [5.74, 6) is 0.224. The van der Waals surface area contributed by atoms with Crippen molar-refractivity contribution in [1.29, 1.82) is 0 Å². The largest absolute Gasteiger partial charge is 0.444 e. The Morgan fingerprint density at radius 2 is 2.08 bits per heavy atom. The summed E-state index contributed by atoms with van der Waals surface area (Å²) in [5, 5.41) is 9.55. The molecule has 2 heterocycles. The maximum absolute atomic E-state index is 12.2. The minimum atomic E-state index is -0.714. The van der Waals surface area contributed by atoms with Crippen LogP contribution in [-0.4, -0.2) is 46.6 Å². The highest BCUT2D eigenvalue weighted by Gasteiger charge is 2.21. The van der Waals surface area contributed by atoms with Gasteiger partial charge in [-0.05, 0) is 46.5 Å². The number of ether oxygens (including phenoxy) is 2. The molecule has 8 nitrogen and oxygen atoms in total. The first-order chi connectivity index (χ1) is 11.7. The predicted octanol–water partition coefficient (Wildman–Crippen LogP) is 2.16. The van der Waals surface area contributed by atoms with Crippen LogP contribution in [0.1, 0.15) is 40.5 Å². The highest BCUT2D eigenvalue weighted by molar-refractivity contribution is 5.96. The standard InChI is InChI=1S/C17H28N4O4/c1-12(19-16(23)25-17(2,3)4)15(22)20-14-9-18-21(11-14)10-13-5-7-24-8-6-13/h9,11-13H,5-8,10H2,1-4H3,(H,19,23)(H,20,22). The predicted molar refractivity (Wildman–Crippen MR) is 93.2 cm³/mol. The van der Waals surface area contributed by atoms with Gasteiger partial charge in [-0.15, -0.1) is 0 Å². The molecule has 0 bridgehead atoms. The highest BCUT2D eigenvalue weighted by atomic mass is 16.6. The number of rotatable bonds is 5. The van der Waals surface area contributed by atoms with E-state index in [9.17, 15) is 9.59 Å². The summed E-state index contributed by atoms with van der Waals surface area (Å²) < 4.78 is 12.3. The molecule has 0 saturated carbocycles. The second-order valence-electron chi connectivity index (χ2n) is 7.36. The van der Waals surface area contributed by atoms with E-state index in [1.54, 1.807) is 40.1 Å². The Kier molecular flexibility index (Phi) is 6.41. The van der Waals surface area contributed by atoms with Gasteiger partial charge in [-0.1, -0.05) is 0 Å². The minimum absolute atomic E-state index is 0.323. The molecule has 140 valence electrons. The van der Waals surface area contributed by atoms with E-state index in [0.717, 1.165) is 32.6 Å². The molecule has 0 radical (unpaired) electrons. The Morgan fingerprint density at radius 3 is 2.72 bits per heavy atom. The molecule has 0 spiro atoms. The molecule has 2 rings (SSSR count). The average Bonchev–Trinajstić information content (AvgIpc) is 2.93. The summed E-state index contributed by atoms with van der Waals surface area (Å²) in [4.78, 5) is 23.9. The molecule has 1 aromatic rings. The van der Waals surface area contributed by atoms with Gasteiger partial charge in [-0.2, -0.15) is 5.10 Å². The molecule has 8 heteroatoms. The summed E-state index contributed by atoms with van der Waals surface area (Å²) in [7, 11) is 0. The van der Waals surface area contributed by atoms with Gasteiger partial charge < -0.3 is 20.1 Å². The molecular formula is C17H28N4O4. The van der Waals surface area contributed by atoms with E-state index in [0.29, 0.717) is 11.6 Å². The molecule has 1 atom stereocenters. The molecule has 1 unspecified atom stereocenters. The van der Waals surface area contributed by atoms with Gasteiger partial charge in [0.1, 0.15) is 11.6 Å². The van der Waals surface area contributed by atoms with Crippen LogP contribution in [-0.2, 0) is 20.8 Å². The van der Waals surface area contributed by atoms with Gasteiger partial charge in [0.05, 0.1) is 11.9 Å². The van der Waals surface area contributed by atoms with Gasteiger partial charge in [-0.25, -0.2) is 4.79 Å². The highest BCUT2D eigenvalue weighted by Crippen LogP contribution is 2.17. The van der Waals surface area contributed by atoms with Crippen LogP contribution in [0.2, 0.25) is 0 Å². The number of aromatic nitrogens is 2. The van der Waals surface area contributed by atoms with Gasteiger partial charge in [0.2, 0.25) is 5.91 Å². The maximum atomic E-state index is 12.2. The van der Waals surface area contributed by atoms with Gasteiger partial charge in [0.15, 0.2) is 0 Å². The Balaban J connectivity index is 1.80. The second-order valence-corrected chi connectivity index (χ2v) is 7.36. The number of nitrogens with zero attached hydrogens (tertiary/aromatic N) is 2. The lowest BCUT2D eigenvalue weighted by Crippen LogP contribution is -2.43. The Morgan fingerprint density at radius 1 is 1.40 bits per heavy atom. The van der Waals surface area contributed by atoms with Crippen LogP contribution in [0.25, 0.3) is 0 Å². The summed E-state index contributed by atoms with van der Waals surface area (Å²) in [6.45, 7) is 9.31. The molecule has 1 aliphatic rings. The van der Waals surface area contributed by atoms with E-state index in [-0.39, 0.29) is 5.91 Å². The molecular weight excluding hydrogens is 324 g/mol. The zero-order valence-electron chi connectivity index (χ0n) is 15.4. The molecule has 1 fully saturated rings. The van der Waals surface area contributed by atoms with E-state index in [4.69, 9.17) is 9.47 Å². The summed E-state index contributed by atoms with van der Waals surface area (Å²) >= 11 is 0. The molecule has 2 amide bonds. The number of carbonyl (C=O) groups is 2. The van der Waals surface area contributed by atoms with Gasteiger partial charge in [-0.3, -0.25) is 9.48 Å². The first kappa shape index (κ1) is 19.2. The van der Waals surface area contributed by atoms with Gasteiger partial charge in [0.25, 0.3) is 0 Å². The SMILES string of the molecule is CC(NC(=O)OC(C)(C)C)C(=O)Nc1cnn(CC2CCOCC2)c1. The summed E-state index contributed by atoms with van der Waals surface area (Å²) in [6.07, 6.45) is 4.84. The number of alkyl carbamates (subject to hydrolysis) is 1. The molecule has 1 saturated heterocycles. The second kappa shape index (κ2) is 8.33. The monoisotopic (exact) mass is 352 g/mol. The van der Waals surface area contributed by atoms with Gasteiger partial charge in [0, 0.05) is 26.0 Å². The van der Waals surface area contributed by atoms with Crippen molar-refractivity contribution in [2.45, 2.75) is 58.7 Å². The first-order valence-corrected chi connectivity index (χ1v) is 8.63. The van der Waals surface area contributed by atoms with Crippen molar-refractivity contribution in [3.8, 4) is 0 Å². The Labute approximate surface area is 148 Å². The topological polar surface area (TPSA) is 94.5 Å². The molecule has 1 aromatic heterocycles. The van der Waals surface area contributed by atoms with Gasteiger partial charge >= 0.3 is 6.09 Å². The van der Waals surface area contributed by atoms with Crippen LogP contribution in [0, 0.1) is 5.92 Å². The van der Waals surface area contributed by atoms with E-state index in [2.05, 4.69) is 15.7 Å². The van der Waals surface area contributed by atoms with Crippen molar-refractivity contribution in [3.05, 3.63) is 12.4 Å². The molecule has 2 N–H and O–H groups in total. The lowest BCUT2D eigenvalue weighted by atomic mass is 10.0. The minimum Gasteiger partial charge on any atom is -0.444 e. The van der Waals surface area contributed by atoms with Crippen molar-refractivity contribution >= 4 is 17.7 Å². The maximum Gasteiger partial charge on any atom is 0.408 e. The Hall–Kier alpha value is -2.09. The number of nitrogens with one attached hydrogen (secondary N) is 2. The normalized spacial score (nSPS) is 17.0. The molecule has 1 aliphatic heterocycles. The summed E-state index contributed by atoms with van der Waals surface area (Å²) in [5.41, 5.74) is 0.000810. The van der Waals surface area contributed by atoms with E-state index in [1.807, 2.05) is 4.68 Å². The van der Waals surface area contributed by atoms with Crippen LogP contribution in [0.4, 0.5) is 10.5 Å². The number of hydrogen-bond acceptors (Lipinski definition) is 5. The lowest BCUT2D eigenvalue weighted by molar-refractivity contribution is -0.117. The Bertz CT molecular complexity index is 588. The fraction of sp³-hybridized carbons (Fsp3) is 0.706. The number of hydrogen-bond donors (Lipinski definition) is 2. The molecule has 0 aromatic carbocycles. The molecule has 0 aliphatic carbocycles. The van der Waals surface area contributed by atoms with E-state index in [1.165, 1.54) is 0 Å². The van der Waals surface area contributed by atoms with Crippen molar-refractivity contribution in [1.82, 2.24) is 15.1 Å². The van der Waals surface area contributed by atoms with E-state index >= 15 is 0 Å². The quantitative estimate of drug-likeness (QED) is 0.847. The fourth-order valence-corrected chi connectivity index (χ4v) is 2.52. The summed E-state index contributed by atoms with van der Waals surface area (Å²) in [6, 6.07) is -0.714. The van der Waals surface area contributed by atoms with Crippen molar-refractivity contribution in [3.63, 3.8) is 0 Å². The number of amides is 2. The average molecular weight is 352 g/mol.